The summed E-state index contributed by atoms with van der Waals surface area (Å²) in [6.07, 6.45) is 0. The molecule has 0 saturated carbocycles. The fourth-order valence-corrected chi connectivity index (χ4v) is 1.76. The smallest absolute Gasteiger partial charge is 0.322 e. The molecule has 5 nitrogen and oxygen atoms in total. The molecule has 0 aromatic heterocycles. The van der Waals surface area contributed by atoms with Crippen molar-refractivity contribution in [1.29, 1.82) is 0 Å². The molecular formula is C10H9F2N3O2. The third-order valence-corrected chi connectivity index (χ3v) is 2.64. The fraction of sp³-hybridized carbons (Fsp3) is 0.200. The van der Waals surface area contributed by atoms with Gasteiger partial charge >= 0.3 is 6.03 Å². The van der Waals surface area contributed by atoms with Crippen molar-refractivity contribution in [2.45, 2.75) is 5.54 Å². The maximum atomic E-state index is 13.6. The number of nitrogens with one attached hydrogen (secondary N) is 2. The summed E-state index contributed by atoms with van der Waals surface area (Å²) in [5, 5.41) is 4.17. The van der Waals surface area contributed by atoms with E-state index in [2.05, 4.69) is 5.32 Å². The lowest BCUT2D eigenvalue weighted by atomic mass is 9.89. The highest BCUT2D eigenvalue weighted by Crippen LogP contribution is 2.26. The number of hydrogen-bond donors (Lipinski definition) is 3. The van der Waals surface area contributed by atoms with Gasteiger partial charge in [0.05, 0.1) is 0 Å². The monoisotopic (exact) mass is 241 g/mol. The molecule has 7 heteroatoms. The van der Waals surface area contributed by atoms with Crippen LogP contribution in [0.4, 0.5) is 13.6 Å². The number of imide groups is 1. The summed E-state index contributed by atoms with van der Waals surface area (Å²) in [6, 6.07) is 1.84. The molecule has 1 heterocycles. The first-order chi connectivity index (χ1) is 7.99. The third kappa shape index (κ3) is 1.64. The Bertz CT molecular complexity index is 506. The summed E-state index contributed by atoms with van der Waals surface area (Å²) >= 11 is 0. The standard InChI is InChI=1S/C10H9F2N3O2/c11-5-1-2-7(12)6(3-5)10(4-13)8(16)14-9(17)15-10/h1-3H,4,13H2,(H2,14,15,16,17). The zero-order chi connectivity index (χ0) is 12.6. The number of amides is 3. The van der Waals surface area contributed by atoms with Crippen LogP contribution >= 0.6 is 0 Å². The predicted molar refractivity (Wildman–Crippen MR) is 53.8 cm³/mol. The molecule has 0 bridgehead atoms. The van der Waals surface area contributed by atoms with Gasteiger partial charge in [-0.2, -0.15) is 0 Å². The van der Waals surface area contributed by atoms with E-state index in [1.807, 2.05) is 5.32 Å². The number of halogens is 2. The molecule has 90 valence electrons. The summed E-state index contributed by atoms with van der Waals surface area (Å²) in [4.78, 5) is 22.7. The second kappa shape index (κ2) is 3.77. The summed E-state index contributed by atoms with van der Waals surface area (Å²) in [5.41, 5.74) is 3.37. The van der Waals surface area contributed by atoms with Crippen LogP contribution in [-0.4, -0.2) is 18.5 Å². The fourth-order valence-electron chi connectivity index (χ4n) is 1.76. The highest BCUT2D eigenvalue weighted by atomic mass is 19.1. The van der Waals surface area contributed by atoms with Crippen molar-refractivity contribution >= 4 is 11.9 Å². The van der Waals surface area contributed by atoms with Gasteiger partial charge in [-0.05, 0) is 18.2 Å². The predicted octanol–water partition coefficient (Wildman–Crippen LogP) is -0.0418. The van der Waals surface area contributed by atoms with Gasteiger partial charge in [0, 0.05) is 12.1 Å². The van der Waals surface area contributed by atoms with Gasteiger partial charge in [-0.3, -0.25) is 10.1 Å². The molecule has 0 spiro atoms. The average Bonchev–Trinajstić information content (AvgIpc) is 2.58. The molecule has 4 N–H and O–H groups in total. The minimum atomic E-state index is -1.75. The molecule has 0 aliphatic carbocycles. The number of carbonyl (C=O) groups is 2. The van der Waals surface area contributed by atoms with E-state index < -0.39 is 29.1 Å². The van der Waals surface area contributed by atoms with Gasteiger partial charge in [0.2, 0.25) is 0 Å². The Labute approximate surface area is 95.0 Å². The highest BCUT2D eigenvalue weighted by Gasteiger charge is 2.48. The largest absolute Gasteiger partial charge is 0.327 e. The van der Waals surface area contributed by atoms with Crippen LogP contribution in [0.2, 0.25) is 0 Å². The molecule has 2 rings (SSSR count). The SMILES string of the molecule is NCC1(c2cc(F)ccc2F)NC(=O)NC1=O. The minimum absolute atomic E-state index is 0.289. The van der Waals surface area contributed by atoms with E-state index in [1.54, 1.807) is 0 Å². The van der Waals surface area contributed by atoms with Crippen molar-refractivity contribution in [2.75, 3.05) is 6.54 Å². The number of urea groups is 1. The van der Waals surface area contributed by atoms with E-state index in [1.165, 1.54) is 0 Å². The normalized spacial score (nSPS) is 23.5. The van der Waals surface area contributed by atoms with Crippen LogP contribution in [0.15, 0.2) is 18.2 Å². The summed E-state index contributed by atoms with van der Waals surface area (Å²) in [5.74, 6) is -2.33. The van der Waals surface area contributed by atoms with Crippen LogP contribution in [0.1, 0.15) is 5.56 Å². The maximum absolute atomic E-state index is 13.6. The first-order valence-electron chi connectivity index (χ1n) is 4.79. The van der Waals surface area contributed by atoms with Crippen molar-refractivity contribution in [3.05, 3.63) is 35.4 Å². The quantitative estimate of drug-likeness (QED) is 0.635. The molecule has 17 heavy (non-hydrogen) atoms. The molecule has 1 aliphatic rings. The van der Waals surface area contributed by atoms with Gasteiger partial charge in [0.15, 0.2) is 5.54 Å². The maximum Gasteiger partial charge on any atom is 0.322 e. The Morgan fingerprint density at radius 1 is 1.29 bits per heavy atom. The van der Waals surface area contributed by atoms with Gasteiger partial charge in [0.25, 0.3) is 5.91 Å². The average molecular weight is 241 g/mol. The Morgan fingerprint density at radius 3 is 2.53 bits per heavy atom. The van der Waals surface area contributed by atoms with Crippen LogP contribution in [0.5, 0.6) is 0 Å². The molecular weight excluding hydrogens is 232 g/mol. The topological polar surface area (TPSA) is 84.2 Å². The van der Waals surface area contributed by atoms with E-state index >= 15 is 0 Å². The number of nitrogens with two attached hydrogens (primary N) is 1. The first-order valence-corrected chi connectivity index (χ1v) is 4.79. The molecule has 1 fully saturated rings. The van der Waals surface area contributed by atoms with E-state index in [-0.39, 0.29) is 12.1 Å². The highest BCUT2D eigenvalue weighted by molar-refractivity contribution is 6.07. The van der Waals surface area contributed by atoms with Crippen molar-refractivity contribution in [3.8, 4) is 0 Å². The number of benzene rings is 1. The van der Waals surface area contributed by atoms with E-state index in [4.69, 9.17) is 5.73 Å². The number of carbonyl (C=O) groups excluding carboxylic acids is 2. The molecule has 1 aromatic carbocycles. The first kappa shape index (κ1) is 11.5. The third-order valence-electron chi connectivity index (χ3n) is 2.64. The zero-order valence-corrected chi connectivity index (χ0v) is 8.59. The van der Waals surface area contributed by atoms with Crippen LogP contribution in [0.25, 0.3) is 0 Å². The van der Waals surface area contributed by atoms with Gasteiger partial charge < -0.3 is 11.1 Å². The summed E-state index contributed by atoms with van der Waals surface area (Å²) in [7, 11) is 0. The Kier molecular flexibility index (Phi) is 2.55. The van der Waals surface area contributed by atoms with Crippen LogP contribution in [-0.2, 0) is 10.3 Å². The molecule has 1 unspecified atom stereocenters. The van der Waals surface area contributed by atoms with Crippen LogP contribution in [0.3, 0.4) is 0 Å². The molecule has 1 aromatic rings. The van der Waals surface area contributed by atoms with Crippen LogP contribution < -0.4 is 16.4 Å². The summed E-state index contributed by atoms with van der Waals surface area (Å²) in [6.45, 7) is -0.370. The van der Waals surface area contributed by atoms with E-state index in [9.17, 15) is 18.4 Å². The molecule has 3 amide bonds. The molecule has 1 saturated heterocycles. The lowest BCUT2D eigenvalue weighted by molar-refractivity contribution is -0.124. The Morgan fingerprint density at radius 2 is 2.00 bits per heavy atom. The summed E-state index contributed by atoms with van der Waals surface area (Å²) < 4.78 is 26.7. The molecule has 0 radical (unpaired) electrons. The lowest BCUT2D eigenvalue weighted by Crippen LogP contribution is -2.50. The zero-order valence-electron chi connectivity index (χ0n) is 8.59. The van der Waals surface area contributed by atoms with Crippen molar-refractivity contribution in [2.24, 2.45) is 5.73 Å². The number of rotatable bonds is 2. The Balaban J connectivity index is 2.59. The minimum Gasteiger partial charge on any atom is -0.327 e. The Hall–Kier alpha value is -2.02. The van der Waals surface area contributed by atoms with Gasteiger partial charge in [-0.1, -0.05) is 0 Å². The molecule has 1 aliphatic heterocycles. The van der Waals surface area contributed by atoms with Gasteiger partial charge in [-0.25, -0.2) is 13.6 Å². The molecule has 1 atom stereocenters. The van der Waals surface area contributed by atoms with E-state index in [0.717, 1.165) is 18.2 Å². The van der Waals surface area contributed by atoms with Crippen molar-refractivity contribution in [1.82, 2.24) is 10.6 Å². The van der Waals surface area contributed by atoms with Gasteiger partial charge in [-0.15, -0.1) is 0 Å². The van der Waals surface area contributed by atoms with Crippen molar-refractivity contribution < 1.29 is 18.4 Å². The number of hydrogen-bond acceptors (Lipinski definition) is 3. The van der Waals surface area contributed by atoms with Crippen molar-refractivity contribution in [3.63, 3.8) is 0 Å². The van der Waals surface area contributed by atoms with E-state index in [0.29, 0.717) is 0 Å². The second-order valence-electron chi connectivity index (χ2n) is 3.64. The second-order valence-corrected chi connectivity index (χ2v) is 3.64. The lowest BCUT2D eigenvalue weighted by Gasteiger charge is -2.24. The van der Waals surface area contributed by atoms with Crippen LogP contribution in [0, 0.1) is 11.6 Å². The van der Waals surface area contributed by atoms with Gasteiger partial charge in [0.1, 0.15) is 11.6 Å².